The van der Waals surface area contributed by atoms with E-state index in [4.69, 9.17) is 5.11 Å². The van der Waals surface area contributed by atoms with Crippen LogP contribution in [0.2, 0.25) is 0 Å². The van der Waals surface area contributed by atoms with Gasteiger partial charge in [-0.25, -0.2) is 18.0 Å². The molecule has 1 fully saturated rings. The van der Waals surface area contributed by atoms with Gasteiger partial charge in [-0.15, -0.1) is 0 Å². The summed E-state index contributed by atoms with van der Waals surface area (Å²) in [6, 6.07) is 3.31. The van der Waals surface area contributed by atoms with Gasteiger partial charge in [-0.1, -0.05) is 6.07 Å². The van der Waals surface area contributed by atoms with Crippen molar-refractivity contribution in [2.75, 3.05) is 13.1 Å². The minimum absolute atomic E-state index is 0.0301. The fourth-order valence-corrected chi connectivity index (χ4v) is 2.29. The highest BCUT2D eigenvalue weighted by Gasteiger charge is 2.36. The number of piperidine rings is 1. The van der Waals surface area contributed by atoms with Crippen LogP contribution in [0.4, 0.5) is 18.0 Å². The number of rotatable bonds is 2. The molecule has 104 valence electrons. The third kappa shape index (κ3) is 3.19. The van der Waals surface area contributed by atoms with Crippen LogP contribution in [0.5, 0.6) is 0 Å². The molecule has 1 aromatic carbocycles. The van der Waals surface area contributed by atoms with Crippen LogP contribution >= 0.6 is 0 Å². The highest BCUT2D eigenvalue weighted by atomic mass is 19.2. The van der Waals surface area contributed by atoms with Gasteiger partial charge in [-0.3, -0.25) is 0 Å². The molecule has 0 saturated carbocycles. The summed E-state index contributed by atoms with van der Waals surface area (Å²) in [5.74, 6) is -1.96. The zero-order valence-corrected chi connectivity index (χ0v) is 10.2. The van der Waals surface area contributed by atoms with E-state index in [1.54, 1.807) is 0 Å². The molecule has 0 radical (unpaired) electrons. The van der Waals surface area contributed by atoms with Crippen molar-refractivity contribution < 1.29 is 23.1 Å². The topological polar surface area (TPSA) is 40.5 Å². The van der Waals surface area contributed by atoms with Gasteiger partial charge in [0.05, 0.1) is 0 Å². The van der Waals surface area contributed by atoms with Gasteiger partial charge < -0.3 is 10.0 Å². The molecule has 1 aromatic rings. The monoisotopic (exact) mass is 273 g/mol. The Morgan fingerprint density at radius 2 is 1.89 bits per heavy atom. The summed E-state index contributed by atoms with van der Waals surface area (Å²) >= 11 is 0. The number of nitrogens with zero attached hydrogens (tertiary/aromatic N) is 1. The number of carbonyl (C=O) groups is 1. The Balaban J connectivity index is 2.02. The number of benzene rings is 1. The van der Waals surface area contributed by atoms with E-state index in [1.165, 1.54) is 6.07 Å². The normalized spacial score (nSPS) is 18.4. The molecule has 1 aliphatic heterocycles. The lowest BCUT2D eigenvalue weighted by Crippen LogP contribution is -2.45. The number of amides is 1. The van der Waals surface area contributed by atoms with E-state index in [2.05, 4.69) is 0 Å². The molecule has 1 amide bonds. The zero-order chi connectivity index (χ0) is 14.0. The molecule has 6 heteroatoms. The third-order valence-corrected chi connectivity index (χ3v) is 3.44. The van der Waals surface area contributed by atoms with Crippen molar-refractivity contribution in [1.82, 2.24) is 4.90 Å². The summed E-state index contributed by atoms with van der Waals surface area (Å²) in [7, 11) is 0. The van der Waals surface area contributed by atoms with Crippen molar-refractivity contribution >= 4 is 6.09 Å². The molecule has 1 heterocycles. The van der Waals surface area contributed by atoms with Gasteiger partial charge >= 0.3 is 6.09 Å². The summed E-state index contributed by atoms with van der Waals surface area (Å²) < 4.78 is 40.3. The summed E-state index contributed by atoms with van der Waals surface area (Å²) in [5.41, 5.74) is -1.18. The lowest BCUT2D eigenvalue weighted by Gasteiger charge is -2.35. The molecular weight excluding hydrogens is 259 g/mol. The molecule has 1 aliphatic rings. The molecule has 0 bridgehead atoms. The minimum Gasteiger partial charge on any atom is -0.465 e. The van der Waals surface area contributed by atoms with E-state index in [9.17, 15) is 18.0 Å². The number of likely N-dealkylation sites (tertiary alicyclic amines) is 1. The van der Waals surface area contributed by atoms with E-state index in [0.29, 0.717) is 5.56 Å². The van der Waals surface area contributed by atoms with Crippen molar-refractivity contribution in [3.8, 4) is 0 Å². The molecule has 19 heavy (non-hydrogen) atoms. The Hall–Kier alpha value is -1.72. The first kappa shape index (κ1) is 13.7. The molecule has 0 spiro atoms. The lowest BCUT2D eigenvalue weighted by molar-refractivity contribution is 0.0573. The smallest absolute Gasteiger partial charge is 0.407 e. The Kier molecular flexibility index (Phi) is 3.68. The van der Waals surface area contributed by atoms with E-state index < -0.39 is 23.4 Å². The van der Waals surface area contributed by atoms with Crippen molar-refractivity contribution in [1.29, 1.82) is 0 Å². The second kappa shape index (κ2) is 5.11. The van der Waals surface area contributed by atoms with Gasteiger partial charge in [0.2, 0.25) is 0 Å². The van der Waals surface area contributed by atoms with E-state index in [1.807, 2.05) is 0 Å². The van der Waals surface area contributed by atoms with E-state index >= 15 is 0 Å². The molecule has 0 aliphatic carbocycles. The second-order valence-corrected chi connectivity index (χ2v) is 4.85. The summed E-state index contributed by atoms with van der Waals surface area (Å²) in [4.78, 5) is 11.9. The van der Waals surface area contributed by atoms with Gasteiger partial charge in [-0.05, 0) is 30.5 Å². The fraction of sp³-hybridized carbons (Fsp3) is 0.462. The van der Waals surface area contributed by atoms with Crippen molar-refractivity contribution in [2.45, 2.75) is 24.9 Å². The van der Waals surface area contributed by atoms with Gasteiger partial charge in [0, 0.05) is 19.5 Å². The maximum atomic E-state index is 14.5. The number of hydrogen-bond donors (Lipinski definition) is 1. The van der Waals surface area contributed by atoms with Crippen LogP contribution in [0.1, 0.15) is 18.4 Å². The van der Waals surface area contributed by atoms with Gasteiger partial charge in [0.15, 0.2) is 11.6 Å². The molecule has 3 nitrogen and oxygen atoms in total. The van der Waals surface area contributed by atoms with Crippen LogP contribution in [0.25, 0.3) is 0 Å². The van der Waals surface area contributed by atoms with Crippen molar-refractivity contribution in [3.05, 3.63) is 35.4 Å². The van der Waals surface area contributed by atoms with Crippen molar-refractivity contribution in [3.63, 3.8) is 0 Å². The van der Waals surface area contributed by atoms with Crippen LogP contribution in [0, 0.1) is 11.6 Å². The first-order valence-corrected chi connectivity index (χ1v) is 6.00. The Morgan fingerprint density at radius 3 is 2.42 bits per heavy atom. The Labute approximate surface area is 108 Å². The number of hydrogen-bond acceptors (Lipinski definition) is 1. The maximum absolute atomic E-state index is 14.5. The molecule has 0 aromatic heterocycles. The SMILES string of the molecule is O=C(O)N1CCC(F)(Cc2ccc(F)c(F)c2)CC1. The Bertz CT molecular complexity index is 485. The average Bonchev–Trinajstić information content (AvgIpc) is 2.34. The fourth-order valence-electron chi connectivity index (χ4n) is 2.29. The maximum Gasteiger partial charge on any atom is 0.407 e. The summed E-state index contributed by atoms with van der Waals surface area (Å²) in [6.07, 6.45) is -0.955. The van der Waals surface area contributed by atoms with Crippen LogP contribution in [-0.2, 0) is 6.42 Å². The van der Waals surface area contributed by atoms with Gasteiger partial charge in [0.1, 0.15) is 5.67 Å². The first-order valence-electron chi connectivity index (χ1n) is 6.00. The van der Waals surface area contributed by atoms with Crippen LogP contribution < -0.4 is 0 Å². The quantitative estimate of drug-likeness (QED) is 0.899. The van der Waals surface area contributed by atoms with Crippen LogP contribution in [0.15, 0.2) is 18.2 Å². The molecular formula is C13H14F3NO2. The van der Waals surface area contributed by atoms with E-state index in [-0.39, 0.29) is 32.4 Å². The number of alkyl halides is 1. The number of halogens is 3. The predicted molar refractivity (Wildman–Crippen MR) is 62.7 cm³/mol. The summed E-state index contributed by atoms with van der Waals surface area (Å²) in [6.45, 7) is 0.241. The molecule has 1 saturated heterocycles. The Morgan fingerprint density at radius 1 is 1.26 bits per heavy atom. The number of carboxylic acid groups (broad SMARTS) is 1. The summed E-state index contributed by atoms with van der Waals surface area (Å²) in [5, 5.41) is 8.78. The van der Waals surface area contributed by atoms with Crippen molar-refractivity contribution in [2.24, 2.45) is 0 Å². The lowest BCUT2D eigenvalue weighted by atomic mass is 9.87. The molecule has 0 unspecified atom stereocenters. The highest BCUT2D eigenvalue weighted by Crippen LogP contribution is 2.30. The predicted octanol–water partition coefficient (Wildman–Crippen LogP) is 2.99. The minimum atomic E-state index is -1.56. The van der Waals surface area contributed by atoms with Gasteiger partial charge in [-0.2, -0.15) is 0 Å². The molecule has 0 atom stereocenters. The average molecular weight is 273 g/mol. The first-order chi connectivity index (χ1) is 8.89. The van der Waals surface area contributed by atoms with Gasteiger partial charge in [0.25, 0.3) is 0 Å². The molecule has 1 N–H and O–H groups in total. The standard InChI is InChI=1S/C13H14F3NO2/c14-10-2-1-9(7-11(10)15)8-13(16)3-5-17(6-4-13)12(18)19/h1-2,7H,3-6,8H2,(H,18,19). The van der Waals surface area contributed by atoms with E-state index in [0.717, 1.165) is 17.0 Å². The largest absolute Gasteiger partial charge is 0.465 e. The zero-order valence-electron chi connectivity index (χ0n) is 10.2. The highest BCUT2D eigenvalue weighted by molar-refractivity contribution is 5.65. The van der Waals surface area contributed by atoms with Crippen LogP contribution in [-0.4, -0.2) is 34.9 Å². The molecule has 2 rings (SSSR count). The second-order valence-electron chi connectivity index (χ2n) is 4.85. The third-order valence-electron chi connectivity index (χ3n) is 3.44. The van der Waals surface area contributed by atoms with Crippen LogP contribution in [0.3, 0.4) is 0 Å².